The summed E-state index contributed by atoms with van der Waals surface area (Å²) in [6.45, 7) is 1.60. The fraction of sp³-hybridized carbons (Fsp3) is 0.667. The Morgan fingerprint density at radius 3 is 2.43 bits per heavy atom. The molecule has 0 aliphatic heterocycles. The summed E-state index contributed by atoms with van der Waals surface area (Å²) in [6, 6.07) is -0.461. The van der Waals surface area contributed by atoms with Crippen LogP contribution in [0.3, 0.4) is 0 Å². The van der Waals surface area contributed by atoms with Gasteiger partial charge in [0.15, 0.2) is 0 Å². The highest BCUT2D eigenvalue weighted by Gasteiger charge is 2.02. The highest BCUT2D eigenvalue weighted by atomic mass is 28.2. The van der Waals surface area contributed by atoms with Crippen LogP contribution in [-0.4, -0.2) is 22.5 Å². The minimum absolute atomic E-state index is 0.313. The molecule has 0 aromatic rings. The maximum absolute atomic E-state index is 10.2. The number of rotatable bonds is 1. The second-order valence-corrected chi connectivity index (χ2v) is 1.72. The lowest BCUT2D eigenvalue weighted by Gasteiger charge is -1.99. The second kappa shape index (κ2) is 2.76. The van der Waals surface area contributed by atoms with Crippen LogP contribution in [-0.2, 0) is 9.22 Å². The van der Waals surface area contributed by atoms with E-state index in [0.29, 0.717) is 10.5 Å². The van der Waals surface area contributed by atoms with Crippen LogP contribution in [0.5, 0.6) is 0 Å². The average molecular weight is 119 g/mol. The van der Waals surface area contributed by atoms with E-state index >= 15 is 0 Å². The van der Waals surface area contributed by atoms with Gasteiger partial charge in [0.2, 0.25) is 10.5 Å². The zero-order chi connectivity index (χ0) is 5.86. The molecule has 0 spiro atoms. The van der Waals surface area contributed by atoms with Gasteiger partial charge in [0, 0.05) is 0 Å². The van der Waals surface area contributed by atoms with E-state index in [0.717, 1.165) is 0 Å². The van der Waals surface area contributed by atoms with Crippen LogP contribution in [0, 0.1) is 0 Å². The molecule has 7 heavy (non-hydrogen) atoms. The van der Waals surface area contributed by atoms with Crippen LogP contribution in [0.25, 0.3) is 0 Å². The summed E-state index contributed by atoms with van der Waals surface area (Å²) < 4.78 is 4.39. The van der Waals surface area contributed by atoms with Crippen LogP contribution in [0.1, 0.15) is 6.92 Å². The first-order chi connectivity index (χ1) is 3.18. The van der Waals surface area contributed by atoms with Crippen LogP contribution < -0.4 is 5.73 Å². The van der Waals surface area contributed by atoms with Crippen molar-refractivity contribution in [2.75, 3.05) is 0 Å². The third-order valence-electron chi connectivity index (χ3n) is 0.573. The van der Waals surface area contributed by atoms with E-state index in [4.69, 9.17) is 5.73 Å². The number of carbonyl (C=O) groups excluding carboxylic acids is 1. The van der Waals surface area contributed by atoms with Gasteiger partial charge in [0.05, 0.1) is 6.04 Å². The first-order valence-corrected chi connectivity index (χ1v) is 2.83. The standard InChI is InChI=1S/C3H9NO2Si/c1-2(4)3(5)6-7/h2H,4H2,1,7H3/t2-/m0/s1. The maximum atomic E-state index is 10.2. The molecule has 0 aliphatic rings. The maximum Gasteiger partial charge on any atom is 0.308 e. The van der Waals surface area contributed by atoms with Crippen molar-refractivity contribution in [1.29, 1.82) is 0 Å². The lowest BCUT2D eigenvalue weighted by Crippen LogP contribution is -2.27. The zero-order valence-electron chi connectivity index (χ0n) is 4.47. The number of hydrogen-bond donors (Lipinski definition) is 1. The third kappa shape index (κ3) is 2.36. The SMILES string of the molecule is C[C@H](N)C(=O)O[SiH3]. The number of nitrogens with two attached hydrogens (primary N) is 1. The summed E-state index contributed by atoms with van der Waals surface area (Å²) in [5.74, 6) is -0.313. The van der Waals surface area contributed by atoms with Gasteiger partial charge in [-0.1, -0.05) is 0 Å². The fourth-order valence-electron chi connectivity index (χ4n) is 0.186. The van der Waals surface area contributed by atoms with Crippen molar-refractivity contribution in [2.24, 2.45) is 5.73 Å². The zero-order valence-corrected chi connectivity index (χ0v) is 6.47. The number of carbonyl (C=O) groups is 1. The highest BCUT2D eigenvalue weighted by Crippen LogP contribution is 1.75. The fourth-order valence-corrected chi connectivity index (χ4v) is 0.558. The molecule has 0 bridgehead atoms. The highest BCUT2D eigenvalue weighted by molar-refractivity contribution is 6.06. The Hall–Kier alpha value is -0.353. The molecule has 1 atom stereocenters. The molecule has 0 fully saturated rings. The van der Waals surface area contributed by atoms with Gasteiger partial charge < -0.3 is 10.2 Å². The van der Waals surface area contributed by atoms with Crippen molar-refractivity contribution >= 4 is 16.5 Å². The van der Waals surface area contributed by atoms with E-state index < -0.39 is 6.04 Å². The smallest absolute Gasteiger partial charge is 0.308 e. The molecule has 0 amide bonds. The third-order valence-corrected chi connectivity index (χ3v) is 0.975. The average Bonchev–Trinajstić information content (AvgIpc) is 1.65. The van der Waals surface area contributed by atoms with E-state index in [9.17, 15) is 4.79 Å². The summed E-state index contributed by atoms with van der Waals surface area (Å²) in [5, 5.41) is 0. The largest absolute Gasteiger partial charge is 0.528 e. The van der Waals surface area contributed by atoms with E-state index in [1.165, 1.54) is 0 Å². The molecule has 0 rings (SSSR count). The second-order valence-electron chi connectivity index (χ2n) is 1.31. The summed E-state index contributed by atoms with van der Waals surface area (Å²) >= 11 is 0. The van der Waals surface area contributed by atoms with Gasteiger partial charge >= 0.3 is 5.97 Å². The van der Waals surface area contributed by atoms with Gasteiger partial charge in [-0.25, -0.2) is 0 Å². The van der Waals surface area contributed by atoms with Crippen LogP contribution >= 0.6 is 0 Å². The topological polar surface area (TPSA) is 52.3 Å². The lowest BCUT2D eigenvalue weighted by molar-refractivity contribution is -0.135. The van der Waals surface area contributed by atoms with Gasteiger partial charge in [0.25, 0.3) is 0 Å². The molecule has 0 radical (unpaired) electrons. The van der Waals surface area contributed by atoms with Crippen molar-refractivity contribution in [3.63, 3.8) is 0 Å². The molecule has 42 valence electrons. The van der Waals surface area contributed by atoms with Crippen molar-refractivity contribution in [2.45, 2.75) is 13.0 Å². The molecule has 4 heteroatoms. The quantitative estimate of drug-likeness (QED) is 0.413. The van der Waals surface area contributed by atoms with Gasteiger partial charge in [-0.3, -0.25) is 4.79 Å². The molecule has 3 nitrogen and oxygen atoms in total. The molecular weight excluding hydrogens is 110 g/mol. The predicted molar refractivity (Wildman–Crippen MR) is 29.7 cm³/mol. The molecule has 0 saturated heterocycles. The molecule has 2 N–H and O–H groups in total. The molecule has 0 heterocycles. The van der Waals surface area contributed by atoms with Gasteiger partial charge in [-0.05, 0) is 6.92 Å². The lowest BCUT2D eigenvalue weighted by atomic mass is 10.4. The van der Waals surface area contributed by atoms with Crippen molar-refractivity contribution in [3.8, 4) is 0 Å². The van der Waals surface area contributed by atoms with E-state index in [2.05, 4.69) is 4.43 Å². The summed E-state index contributed by atoms with van der Waals surface area (Å²) in [5.41, 5.74) is 5.09. The van der Waals surface area contributed by atoms with E-state index in [1.807, 2.05) is 0 Å². The molecule has 0 aromatic carbocycles. The molecule has 0 aliphatic carbocycles. The first kappa shape index (κ1) is 6.65. The Kier molecular flexibility index (Phi) is 2.62. The van der Waals surface area contributed by atoms with E-state index in [1.54, 1.807) is 6.92 Å². The molecule has 0 saturated carbocycles. The predicted octanol–water partition coefficient (Wildman–Crippen LogP) is -1.84. The summed E-state index contributed by atoms with van der Waals surface area (Å²) in [6.07, 6.45) is 0. The monoisotopic (exact) mass is 119 g/mol. The van der Waals surface area contributed by atoms with Crippen LogP contribution in [0.4, 0.5) is 0 Å². The van der Waals surface area contributed by atoms with E-state index in [-0.39, 0.29) is 5.97 Å². The van der Waals surface area contributed by atoms with Crippen LogP contribution in [0.2, 0.25) is 0 Å². The Balaban J connectivity index is 3.35. The summed E-state index contributed by atoms with van der Waals surface area (Å²) in [7, 11) is 0.441. The Morgan fingerprint density at radius 2 is 2.43 bits per heavy atom. The minimum Gasteiger partial charge on any atom is -0.528 e. The van der Waals surface area contributed by atoms with Crippen molar-refractivity contribution < 1.29 is 9.22 Å². The Labute approximate surface area is 45.4 Å². The Bertz CT molecular complexity index is 73.3. The molecular formula is C3H9NO2Si. The summed E-state index contributed by atoms with van der Waals surface area (Å²) in [4.78, 5) is 10.2. The van der Waals surface area contributed by atoms with Crippen molar-refractivity contribution in [3.05, 3.63) is 0 Å². The van der Waals surface area contributed by atoms with Gasteiger partial charge in [0.1, 0.15) is 0 Å². The Morgan fingerprint density at radius 1 is 2.00 bits per heavy atom. The molecule has 0 aromatic heterocycles. The molecule has 0 unspecified atom stereocenters. The van der Waals surface area contributed by atoms with Crippen molar-refractivity contribution in [1.82, 2.24) is 0 Å². The number of hydrogen-bond acceptors (Lipinski definition) is 3. The minimum atomic E-state index is -0.461. The first-order valence-electron chi connectivity index (χ1n) is 2.02. The van der Waals surface area contributed by atoms with Crippen LogP contribution in [0.15, 0.2) is 0 Å². The van der Waals surface area contributed by atoms with Gasteiger partial charge in [-0.2, -0.15) is 0 Å². The van der Waals surface area contributed by atoms with Gasteiger partial charge in [-0.15, -0.1) is 0 Å². The normalized spacial score (nSPS) is 13.4.